The summed E-state index contributed by atoms with van der Waals surface area (Å²) in [6.45, 7) is 2.21. The number of pyridine rings is 1. The Balaban J connectivity index is 1.66. The number of halogens is 1. The van der Waals surface area contributed by atoms with E-state index in [1.165, 1.54) is 28.8 Å². The van der Waals surface area contributed by atoms with Crippen molar-refractivity contribution in [2.45, 2.75) is 31.1 Å². The van der Waals surface area contributed by atoms with Gasteiger partial charge in [0, 0.05) is 35.6 Å². The Kier molecular flexibility index (Phi) is 7.22. The van der Waals surface area contributed by atoms with Crippen LogP contribution in [-0.2, 0) is 19.6 Å². The third-order valence-corrected chi connectivity index (χ3v) is 7.15. The Morgan fingerprint density at radius 3 is 2.60 bits per heavy atom. The Labute approximate surface area is 183 Å². The summed E-state index contributed by atoms with van der Waals surface area (Å²) in [6.07, 6.45) is 5.57. The molecule has 30 heavy (non-hydrogen) atoms. The van der Waals surface area contributed by atoms with Gasteiger partial charge in [0.15, 0.2) is 6.61 Å². The second kappa shape index (κ2) is 9.67. The molecule has 2 aromatic rings. The van der Waals surface area contributed by atoms with E-state index >= 15 is 0 Å². The molecule has 1 fully saturated rings. The highest BCUT2D eigenvalue weighted by Crippen LogP contribution is 2.26. The number of ether oxygens (including phenoxy) is 1. The van der Waals surface area contributed by atoms with E-state index in [0.717, 1.165) is 19.3 Å². The summed E-state index contributed by atoms with van der Waals surface area (Å²) in [7, 11) is -3.63. The maximum Gasteiger partial charge on any atom is 0.340 e. The third-order valence-electron chi connectivity index (χ3n) is 4.68. The van der Waals surface area contributed by atoms with Gasteiger partial charge in [-0.25, -0.2) is 13.2 Å². The Hall–Kier alpha value is -2.30. The van der Waals surface area contributed by atoms with Gasteiger partial charge >= 0.3 is 5.97 Å². The van der Waals surface area contributed by atoms with Crippen LogP contribution >= 0.6 is 15.9 Å². The molecule has 10 heteroatoms. The molecule has 3 rings (SSSR count). The number of nitrogens with one attached hydrogen (secondary N) is 1. The number of hydrogen-bond acceptors (Lipinski definition) is 6. The lowest BCUT2D eigenvalue weighted by atomic mass is 10.2. The topological polar surface area (TPSA) is 106 Å². The fraction of sp³-hybridized carbons (Fsp3) is 0.350. The van der Waals surface area contributed by atoms with Gasteiger partial charge in [-0.2, -0.15) is 4.31 Å². The van der Waals surface area contributed by atoms with Gasteiger partial charge in [0.25, 0.3) is 5.91 Å². The number of aryl methyl sites for hydroxylation is 1. The van der Waals surface area contributed by atoms with E-state index in [1.807, 2.05) is 0 Å². The van der Waals surface area contributed by atoms with Gasteiger partial charge in [-0.15, -0.1) is 0 Å². The highest BCUT2D eigenvalue weighted by molar-refractivity contribution is 9.10. The maximum atomic E-state index is 13.0. The molecule has 0 atom stereocenters. The van der Waals surface area contributed by atoms with Crippen LogP contribution in [0.25, 0.3) is 0 Å². The highest BCUT2D eigenvalue weighted by Gasteiger charge is 2.27. The second-order valence-electron chi connectivity index (χ2n) is 6.96. The van der Waals surface area contributed by atoms with Gasteiger partial charge in [0.1, 0.15) is 0 Å². The lowest BCUT2D eigenvalue weighted by Crippen LogP contribution is -2.36. The molecule has 160 valence electrons. The van der Waals surface area contributed by atoms with Crippen molar-refractivity contribution in [3.63, 3.8) is 0 Å². The summed E-state index contributed by atoms with van der Waals surface area (Å²) in [5.41, 5.74) is 1.14. The van der Waals surface area contributed by atoms with Gasteiger partial charge in [-0.1, -0.05) is 12.5 Å². The van der Waals surface area contributed by atoms with Crippen molar-refractivity contribution in [2.24, 2.45) is 0 Å². The summed E-state index contributed by atoms with van der Waals surface area (Å²) in [4.78, 5) is 28.2. The summed E-state index contributed by atoms with van der Waals surface area (Å²) in [5, 5.41) is 2.58. The van der Waals surface area contributed by atoms with Crippen LogP contribution in [0, 0.1) is 6.92 Å². The Morgan fingerprint density at radius 1 is 1.17 bits per heavy atom. The molecule has 0 radical (unpaired) electrons. The number of hydrogen-bond donors (Lipinski definition) is 1. The molecule has 1 aromatic carbocycles. The number of sulfonamides is 1. The molecular weight excluding hydrogens is 474 g/mol. The molecule has 8 nitrogen and oxygen atoms in total. The minimum absolute atomic E-state index is 0.166. The summed E-state index contributed by atoms with van der Waals surface area (Å²) >= 11 is 3.21. The van der Waals surface area contributed by atoms with Crippen molar-refractivity contribution in [3.05, 3.63) is 52.3 Å². The summed E-state index contributed by atoms with van der Waals surface area (Å²) < 4.78 is 33.1. The van der Waals surface area contributed by atoms with Gasteiger partial charge in [0.2, 0.25) is 10.0 Å². The first-order valence-electron chi connectivity index (χ1n) is 9.46. The number of benzene rings is 1. The predicted octanol–water partition coefficient (Wildman–Crippen LogP) is 3.12. The molecular formula is C20H22BrN3O5S. The van der Waals surface area contributed by atoms with Crippen LogP contribution in [0.3, 0.4) is 0 Å². The highest BCUT2D eigenvalue weighted by atomic mass is 79.9. The van der Waals surface area contributed by atoms with Crippen LogP contribution in [0.5, 0.6) is 0 Å². The van der Waals surface area contributed by atoms with Crippen LogP contribution in [-0.4, -0.2) is 49.3 Å². The molecule has 1 amide bonds. The van der Waals surface area contributed by atoms with E-state index in [2.05, 4.69) is 26.2 Å². The first-order valence-corrected chi connectivity index (χ1v) is 11.7. The van der Waals surface area contributed by atoms with Crippen LogP contribution in [0.4, 0.5) is 5.69 Å². The number of rotatable bonds is 6. The molecule has 1 aromatic heterocycles. The average molecular weight is 496 g/mol. The number of carbonyl (C=O) groups excluding carboxylic acids is 2. The molecule has 0 unspecified atom stereocenters. The molecule has 0 bridgehead atoms. The predicted molar refractivity (Wildman–Crippen MR) is 115 cm³/mol. The number of piperidine rings is 1. The fourth-order valence-corrected chi connectivity index (χ4v) is 5.27. The van der Waals surface area contributed by atoms with E-state index in [0.29, 0.717) is 28.8 Å². The molecule has 1 aliphatic heterocycles. The minimum atomic E-state index is -3.63. The van der Waals surface area contributed by atoms with Crippen LogP contribution < -0.4 is 5.32 Å². The lowest BCUT2D eigenvalue weighted by molar-refractivity contribution is -0.119. The molecule has 1 aliphatic rings. The molecule has 1 N–H and O–H groups in total. The van der Waals surface area contributed by atoms with E-state index in [4.69, 9.17) is 4.74 Å². The van der Waals surface area contributed by atoms with Crippen molar-refractivity contribution < 1.29 is 22.7 Å². The van der Waals surface area contributed by atoms with Crippen molar-refractivity contribution in [2.75, 3.05) is 25.0 Å². The third kappa shape index (κ3) is 5.44. The quantitative estimate of drug-likeness (QED) is 0.617. The minimum Gasteiger partial charge on any atom is -0.452 e. The van der Waals surface area contributed by atoms with Gasteiger partial charge in [-0.05, 0) is 59.5 Å². The molecule has 2 heterocycles. The normalized spacial score (nSPS) is 14.9. The van der Waals surface area contributed by atoms with Crippen LogP contribution in [0.2, 0.25) is 0 Å². The van der Waals surface area contributed by atoms with Gasteiger partial charge < -0.3 is 10.1 Å². The van der Waals surface area contributed by atoms with Crippen molar-refractivity contribution in [1.82, 2.24) is 9.29 Å². The number of esters is 1. The van der Waals surface area contributed by atoms with E-state index in [9.17, 15) is 18.0 Å². The summed E-state index contributed by atoms with van der Waals surface area (Å²) in [6, 6.07) is 6.23. The van der Waals surface area contributed by atoms with E-state index < -0.39 is 28.5 Å². The van der Waals surface area contributed by atoms with Crippen LogP contribution in [0.15, 0.2) is 46.0 Å². The van der Waals surface area contributed by atoms with E-state index in [1.54, 1.807) is 19.1 Å². The van der Waals surface area contributed by atoms with Gasteiger partial charge in [-0.3, -0.25) is 9.78 Å². The van der Waals surface area contributed by atoms with Gasteiger partial charge in [0.05, 0.1) is 10.5 Å². The zero-order valence-corrected chi connectivity index (χ0v) is 18.8. The van der Waals surface area contributed by atoms with Crippen molar-refractivity contribution in [3.8, 4) is 0 Å². The number of amides is 1. The SMILES string of the molecule is Cc1ccc(NC(=O)COC(=O)c2cncc(Br)c2)cc1S(=O)(=O)N1CCCCC1. The average Bonchev–Trinajstić information content (AvgIpc) is 2.74. The number of anilines is 1. The van der Waals surface area contributed by atoms with Crippen molar-refractivity contribution in [1.29, 1.82) is 0 Å². The zero-order chi connectivity index (χ0) is 21.7. The standard InChI is InChI=1S/C20H22BrN3O5S/c1-14-5-6-17(10-18(14)30(27,28)24-7-3-2-4-8-24)23-19(25)13-29-20(26)15-9-16(21)12-22-11-15/h5-6,9-12H,2-4,7-8,13H2,1H3,(H,23,25). The molecule has 1 saturated heterocycles. The number of carbonyl (C=O) groups is 2. The molecule has 0 spiro atoms. The maximum absolute atomic E-state index is 13.0. The van der Waals surface area contributed by atoms with Crippen molar-refractivity contribution >= 4 is 43.5 Å². The smallest absolute Gasteiger partial charge is 0.340 e. The number of aromatic nitrogens is 1. The largest absolute Gasteiger partial charge is 0.452 e. The summed E-state index contributed by atoms with van der Waals surface area (Å²) in [5.74, 6) is -1.26. The van der Waals surface area contributed by atoms with E-state index in [-0.39, 0.29) is 10.5 Å². The monoisotopic (exact) mass is 495 g/mol. The Bertz CT molecular complexity index is 1050. The number of nitrogens with zero attached hydrogens (tertiary/aromatic N) is 2. The Morgan fingerprint density at radius 2 is 1.90 bits per heavy atom. The zero-order valence-electron chi connectivity index (χ0n) is 16.4. The first kappa shape index (κ1) is 22.4. The van der Waals surface area contributed by atoms with Crippen LogP contribution in [0.1, 0.15) is 35.2 Å². The first-order chi connectivity index (χ1) is 14.3. The second-order valence-corrected chi connectivity index (χ2v) is 9.78. The lowest BCUT2D eigenvalue weighted by Gasteiger charge is -2.26. The fourth-order valence-electron chi connectivity index (χ4n) is 3.14. The molecule has 0 saturated carbocycles. The molecule has 0 aliphatic carbocycles.